The van der Waals surface area contributed by atoms with Gasteiger partial charge in [0.1, 0.15) is 5.60 Å². The molecule has 0 aromatic heterocycles. The van der Waals surface area contributed by atoms with Crippen molar-refractivity contribution in [1.29, 1.82) is 0 Å². The van der Waals surface area contributed by atoms with Gasteiger partial charge in [-0.1, -0.05) is 50.2 Å². The monoisotopic (exact) mass is 363 g/mol. The summed E-state index contributed by atoms with van der Waals surface area (Å²) < 4.78 is 6.11. The van der Waals surface area contributed by atoms with Crippen LogP contribution in [0, 0.1) is 11.3 Å². The van der Waals surface area contributed by atoms with Gasteiger partial charge in [0.05, 0.1) is 11.6 Å². The lowest BCUT2D eigenvalue weighted by molar-refractivity contribution is -0.0429. The number of rotatable bonds is 4. The first-order chi connectivity index (χ1) is 12.9. The number of carbonyl (C=O) groups excluding carboxylic acids is 2. The molecule has 4 rings (SSSR count). The molecule has 2 aromatic rings. The molecule has 1 N–H and O–H groups in total. The number of hydrogen-bond donors (Lipinski definition) is 1. The predicted molar refractivity (Wildman–Crippen MR) is 103 cm³/mol. The van der Waals surface area contributed by atoms with Crippen molar-refractivity contribution in [3.8, 4) is 0 Å². The largest absolute Gasteiger partial charge is 0.453 e. The molecule has 4 heteroatoms. The maximum absolute atomic E-state index is 12.8. The van der Waals surface area contributed by atoms with Gasteiger partial charge in [-0.15, -0.1) is 0 Å². The first kappa shape index (κ1) is 17.8. The van der Waals surface area contributed by atoms with Crippen LogP contribution in [0.5, 0.6) is 0 Å². The van der Waals surface area contributed by atoms with Crippen LogP contribution in [0.3, 0.4) is 0 Å². The highest BCUT2D eigenvalue weighted by Crippen LogP contribution is 2.59. The van der Waals surface area contributed by atoms with Crippen LogP contribution in [0.4, 0.5) is 0 Å². The van der Waals surface area contributed by atoms with Crippen molar-refractivity contribution in [3.05, 3.63) is 71.8 Å². The maximum Gasteiger partial charge on any atom is 0.338 e. The number of benzene rings is 2. The number of ether oxygens (including phenoxy) is 1. The predicted octanol–water partition coefficient (Wildman–Crippen LogP) is 4.22. The zero-order chi connectivity index (χ0) is 19.1. The van der Waals surface area contributed by atoms with Crippen LogP contribution < -0.4 is 5.32 Å². The molecule has 0 radical (unpaired) electrons. The molecule has 0 heterocycles. The Kier molecular flexibility index (Phi) is 4.29. The number of carbonyl (C=O) groups is 2. The van der Waals surface area contributed by atoms with E-state index in [2.05, 4.69) is 19.2 Å². The van der Waals surface area contributed by atoms with E-state index in [4.69, 9.17) is 4.74 Å². The van der Waals surface area contributed by atoms with Gasteiger partial charge in [-0.05, 0) is 54.9 Å². The lowest BCUT2D eigenvalue weighted by Crippen LogP contribution is -2.58. The highest BCUT2D eigenvalue weighted by Gasteiger charge is 2.64. The van der Waals surface area contributed by atoms with E-state index in [-0.39, 0.29) is 23.3 Å². The van der Waals surface area contributed by atoms with Crippen LogP contribution in [0.1, 0.15) is 53.8 Å². The number of esters is 1. The molecule has 0 spiro atoms. The van der Waals surface area contributed by atoms with Gasteiger partial charge < -0.3 is 10.1 Å². The minimum atomic E-state index is -0.633. The second-order valence-corrected chi connectivity index (χ2v) is 8.35. The van der Waals surface area contributed by atoms with E-state index >= 15 is 0 Å². The van der Waals surface area contributed by atoms with Gasteiger partial charge in [-0.3, -0.25) is 4.79 Å². The van der Waals surface area contributed by atoms with Crippen LogP contribution in [-0.2, 0) is 4.74 Å². The van der Waals surface area contributed by atoms with Crippen LogP contribution in [-0.4, -0.2) is 23.5 Å². The lowest BCUT2D eigenvalue weighted by atomic mass is 9.71. The van der Waals surface area contributed by atoms with Crippen molar-refractivity contribution in [2.24, 2.45) is 11.3 Å². The van der Waals surface area contributed by atoms with Crippen LogP contribution in [0.25, 0.3) is 0 Å². The van der Waals surface area contributed by atoms with Gasteiger partial charge in [0.25, 0.3) is 5.91 Å². The van der Waals surface area contributed by atoms with Crippen LogP contribution in [0.2, 0.25) is 0 Å². The van der Waals surface area contributed by atoms with Crippen molar-refractivity contribution < 1.29 is 14.3 Å². The fraction of sp³-hybridized carbons (Fsp3) is 0.391. The summed E-state index contributed by atoms with van der Waals surface area (Å²) >= 11 is 0. The standard InChI is InChI=1S/C23H25NO3/c1-22(2)18-13-14-23(15-18,27-20(26)17-11-7-4-8-12-17)21(22)24-19(25)16-9-5-3-6-10-16/h3-12,18,21H,13-15H2,1-2H3,(H,24,25)/t18-,21-,23-/m0/s1. The summed E-state index contributed by atoms with van der Waals surface area (Å²) in [5.41, 5.74) is 0.416. The molecule has 2 aromatic carbocycles. The van der Waals surface area contributed by atoms with Gasteiger partial charge in [0, 0.05) is 5.56 Å². The topological polar surface area (TPSA) is 55.4 Å². The average Bonchev–Trinajstić information content (AvgIpc) is 3.19. The summed E-state index contributed by atoms with van der Waals surface area (Å²) in [6, 6.07) is 18.1. The third kappa shape index (κ3) is 3.03. The Labute approximate surface area is 159 Å². The summed E-state index contributed by atoms with van der Waals surface area (Å²) in [5, 5.41) is 3.20. The summed E-state index contributed by atoms with van der Waals surface area (Å²) in [7, 11) is 0. The zero-order valence-electron chi connectivity index (χ0n) is 15.8. The summed E-state index contributed by atoms with van der Waals surface area (Å²) in [6.07, 6.45) is 2.62. The van der Waals surface area contributed by atoms with Gasteiger partial charge in [0.15, 0.2) is 0 Å². The minimum absolute atomic E-state index is 0.114. The fourth-order valence-electron chi connectivity index (χ4n) is 4.94. The minimum Gasteiger partial charge on any atom is -0.453 e. The average molecular weight is 363 g/mol. The number of amides is 1. The number of fused-ring (bicyclic) bond motifs is 2. The Morgan fingerprint density at radius 1 is 0.963 bits per heavy atom. The van der Waals surface area contributed by atoms with Crippen molar-refractivity contribution in [2.75, 3.05) is 0 Å². The molecular formula is C23H25NO3. The quantitative estimate of drug-likeness (QED) is 0.828. The van der Waals surface area contributed by atoms with Crippen LogP contribution in [0.15, 0.2) is 60.7 Å². The molecule has 2 aliphatic carbocycles. The van der Waals surface area contributed by atoms with Crippen molar-refractivity contribution in [1.82, 2.24) is 5.32 Å². The Bertz CT molecular complexity index is 846. The van der Waals surface area contributed by atoms with E-state index in [0.29, 0.717) is 17.0 Å². The molecule has 0 saturated heterocycles. The van der Waals surface area contributed by atoms with Crippen LogP contribution >= 0.6 is 0 Å². The number of hydrogen-bond acceptors (Lipinski definition) is 3. The van der Waals surface area contributed by atoms with E-state index in [1.807, 2.05) is 36.4 Å². The Balaban J connectivity index is 1.60. The molecule has 2 aliphatic rings. The van der Waals surface area contributed by atoms with E-state index in [0.717, 1.165) is 19.3 Å². The third-order valence-corrected chi connectivity index (χ3v) is 6.45. The van der Waals surface area contributed by atoms with Gasteiger partial charge in [-0.2, -0.15) is 0 Å². The molecule has 1 amide bonds. The molecule has 2 fully saturated rings. The van der Waals surface area contributed by atoms with Gasteiger partial charge in [0.2, 0.25) is 0 Å². The molecule has 2 saturated carbocycles. The summed E-state index contributed by atoms with van der Waals surface area (Å²) in [5.74, 6) is 0.00594. The molecule has 2 bridgehead atoms. The first-order valence-corrected chi connectivity index (χ1v) is 9.57. The van der Waals surface area contributed by atoms with E-state index in [1.165, 1.54) is 0 Å². The summed E-state index contributed by atoms with van der Waals surface area (Å²) in [6.45, 7) is 4.34. The third-order valence-electron chi connectivity index (χ3n) is 6.45. The lowest BCUT2D eigenvalue weighted by Gasteiger charge is -2.43. The molecule has 3 atom stereocenters. The second kappa shape index (κ2) is 6.52. The highest BCUT2D eigenvalue weighted by molar-refractivity contribution is 5.94. The van der Waals surface area contributed by atoms with Crippen molar-refractivity contribution in [2.45, 2.75) is 44.8 Å². The van der Waals surface area contributed by atoms with E-state index in [9.17, 15) is 9.59 Å². The van der Waals surface area contributed by atoms with E-state index in [1.54, 1.807) is 24.3 Å². The second-order valence-electron chi connectivity index (χ2n) is 8.35. The molecule has 0 aliphatic heterocycles. The van der Waals surface area contributed by atoms with E-state index < -0.39 is 5.60 Å². The van der Waals surface area contributed by atoms with Gasteiger partial charge in [-0.25, -0.2) is 4.79 Å². The highest BCUT2D eigenvalue weighted by atomic mass is 16.6. The van der Waals surface area contributed by atoms with Crippen molar-refractivity contribution >= 4 is 11.9 Å². The van der Waals surface area contributed by atoms with Crippen molar-refractivity contribution in [3.63, 3.8) is 0 Å². The molecule has 140 valence electrons. The zero-order valence-corrected chi connectivity index (χ0v) is 15.8. The molecule has 0 unspecified atom stereocenters. The molecule has 4 nitrogen and oxygen atoms in total. The fourth-order valence-corrected chi connectivity index (χ4v) is 4.94. The molecule has 27 heavy (non-hydrogen) atoms. The van der Waals surface area contributed by atoms with Gasteiger partial charge >= 0.3 is 5.97 Å². The summed E-state index contributed by atoms with van der Waals surface area (Å²) in [4.78, 5) is 25.6. The Morgan fingerprint density at radius 2 is 1.56 bits per heavy atom. The smallest absolute Gasteiger partial charge is 0.338 e. The molecular weight excluding hydrogens is 338 g/mol. The number of nitrogens with one attached hydrogen (secondary N) is 1. The Hall–Kier alpha value is -2.62. The normalized spacial score (nSPS) is 27.9. The maximum atomic E-state index is 12.8. The SMILES string of the molecule is CC1(C)[C@H]2CC[C@](OC(=O)c3ccccc3)(C2)[C@H]1NC(=O)c1ccccc1. The Morgan fingerprint density at radius 3 is 2.19 bits per heavy atom. The first-order valence-electron chi connectivity index (χ1n) is 9.57.